The van der Waals surface area contributed by atoms with E-state index in [1.807, 2.05) is 72.9 Å². The molecule has 1 N–H and O–H groups in total. The number of carbonyl (C=O) groups is 1. The molecular weight excluding hydrogens is 428 g/mol. The summed E-state index contributed by atoms with van der Waals surface area (Å²) < 4.78 is 2.85. The summed E-state index contributed by atoms with van der Waals surface area (Å²) in [5, 5.41) is 16.9. The molecule has 0 saturated carbocycles. The van der Waals surface area contributed by atoms with Crippen LogP contribution in [-0.2, 0) is 4.79 Å². The van der Waals surface area contributed by atoms with Gasteiger partial charge in [-0.15, -0.1) is 10.2 Å². The minimum absolute atomic E-state index is 0.121. The van der Waals surface area contributed by atoms with Crippen molar-refractivity contribution in [2.24, 2.45) is 0 Å². The zero-order chi connectivity index (χ0) is 21.0. The third-order valence-electron chi connectivity index (χ3n) is 4.46. The number of nitrogens with zero attached hydrogens (tertiary/aromatic N) is 5. The van der Waals surface area contributed by atoms with E-state index < -0.39 is 0 Å². The van der Waals surface area contributed by atoms with Crippen LogP contribution in [0.25, 0.3) is 27.2 Å². The maximum absolute atomic E-state index is 12.3. The number of thiazole rings is 1. The van der Waals surface area contributed by atoms with Crippen molar-refractivity contribution in [2.45, 2.75) is 5.03 Å². The molecule has 7 nitrogen and oxygen atoms in total. The van der Waals surface area contributed by atoms with Gasteiger partial charge in [-0.05, 0) is 42.5 Å². The van der Waals surface area contributed by atoms with E-state index in [-0.39, 0.29) is 11.7 Å². The molecule has 1 amide bonds. The molecule has 0 aliphatic carbocycles. The van der Waals surface area contributed by atoms with Crippen LogP contribution in [0.2, 0.25) is 0 Å². The van der Waals surface area contributed by atoms with Gasteiger partial charge in [-0.1, -0.05) is 47.4 Å². The number of nitrogens with one attached hydrogen (secondary N) is 1. The molecule has 0 radical (unpaired) electrons. The van der Waals surface area contributed by atoms with Crippen molar-refractivity contribution in [3.05, 3.63) is 79.1 Å². The van der Waals surface area contributed by atoms with Gasteiger partial charge in [-0.3, -0.25) is 4.79 Å². The summed E-state index contributed by atoms with van der Waals surface area (Å²) in [6, 6.07) is 21.4. The Labute approximate surface area is 186 Å². The van der Waals surface area contributed by atoms with Crippen molar-refractivity contribution in [2.75, 3.05) is 11.1 Å². The normalized spacial score (nSPS) is 11.0. The van der Waals surface area contributed by atoms with Crippen LogP contribution >= 0.6 is 23.1 Å². The first-order chi connectivity index (χ1) is 15.2. The van der Waals surface area contributed by atoms with E-state index in [1.165, 1.54) is 23.1 Å². The summed E-state index contributed by atoms with van der Waals surface area (Å²) in [6.07, 6.45) is 3.64. The predicted molar refractivity (Wildman–Crippen MR) is 124 cm³/mol. The molecule has 0 saturated heterocycles. The van der Waals surface area contributed by atoms with Crippen LogP contribution < -0.4 is 5.32 Å². The Hall–Kier alpha value is -3.56. The number of benzene rings is 2. The Morgan fingerprint density at radius 1 is 1.00 bits per heavy atom. The largest absolute Gasteiger partial charge is 0.301 e. The molecule has 9 heteroatoms. The Bertz CT molecular complexity index is 1280. The lowest BCUT2D eigenvalue weighted by Crippen LogP contribution is -2.13. The summed E-state index contributed by atoms with van der Waals surface area (Å²) in [5.74, 6) is 0.117. The molecule has 5 rings (SSSR count). The van der Waals surface area contributed by atoms with Gasteiger partial charge >= 0.3 is 0 Å². The van der Waals surface area contributed by atoms with Crippen LogP contribution in [0.3, 0.4) is 0 Å². The molecule has 3 aromatic heterocycles. The zero-order valence-corrected chi connectivity index (χ0v) is 17.8. The van der Waals surface area contributed by atoms with Gasteiger partial charge in [0.15, 0.2) is 5.13 Å². The van der Waals surface area contributed by atoms with Crippen LogP contribution in [0, 0.1) is 0 Å². The fourth-order valence-electron chi connectivity index (χ4n) is 2.98. The van der Waals surface area contributed by atoms with Gasteiger partial charge in [0, 0.05) is 18.0 Å². The zero-order valence-electron chi connectivity index (χ0n) is 16.2. The number of para-hydroxylation sites is 1. The number of hydrogen-bond acceptors (Lipinski definition) is 7. The summed E-state index contributed by atoms with van der Waals surface area (Å²) in [5.41, 5.74) is 3.60. The van der Waals surface area contributed by atoms with Crippen molar-refractivity contribution in [3.8, 4) is 16.9 Å². The van der Waals surface area contributed by atoms with Crippen molar-refractivity contribution in [1.29, 1.82) is 0 Å². The van der Waals surface area contributed by atoms with Crippen molar-refractivity contribution >= 4 is 44.4 Å². The number of rotatable bonds is 6. The molecule has 3 heterocycles. The topological polar surface area (TPSA) is 85.6 Å². The second kappa shape index (κ2) is 8.66. The van der Waals surface area contributed by atoms with Crippen molar-refractivity contribution < 1.29 is 4.79 Å². The van der Waals surface area contributed by atoms with Crippen LogP contribution in [0.15, 0.2) is 84.1 Å². The quantitative estimate of drug-likeness (QED) is 0.383. The highest BCUT2D eigenvalue weighted by atomic mass is 32.2. The van der Waals surface area contributed by atoms with Gasteiger partial charge < -0.3 is 5.32 Å². The Kier molecular flexibility index (Phi) is 5.42. The van der Waals surface area contributed by atoms with E-state index in [9.17, 15) is 4.79 Å². The molecule has 0 aliphatic rings. The Balaban J connectivity index is 1.18. The van der Waals surface area contributed by atoms with Gasteiger partial charge in [0.2, 0.25) is 5.91 Å². The molecule has 2 aromatic carbocycles. The van der Waals surface area contributed by atoms with Crippen LogP contribution in [0.1, 0.15) is 0 Å². The number of amides is 1. The standard InChI is InChI=1S/C22H16N6OS2/c29-20(25-22-24-18-4-1-2-5-19(18)31-22)14-30-21-11-10-17(26-27-21)15-6-8-16(9-7-15)28-13-3-12-23-28/h1-13H,14H2,(H,24,25,29). The molecule has 0 spiro atoms. The number of hydrogen-bond donors (Lipinski definition) is 1. The third kappa shape index (κ3) is 4.47. The molecule has 31 heavy (non-hydrogen) atoms. The Morgan fingerprint density at radius 3 is 2.61 bits per heavy atom. The molecule has 0 bridgehead atoms. The second-order valence-corrected chi connectivity index (χ2v) is 8.60. The third-order valence-corrected chi connectivity index (χ3v) is 6.34. The molecule has 0 aliphatic heterocycles. The van der Waals surface area contributed by atoms with Crippen molar-refractivity contribution in [1.82, 2.24) is 25.0 Å². The smallest absolute Gasteiger partial charge is 0.236 e. The van der Waals surface area contributed by atoms with Crippen LogP contribution in [0.5, 0.6) is 0 Å². The maximum Gasteiger partial charge on any atom is 0.236 e. The van der Waals surface area contributed by atoms with Gasteiger partial charge in [0.1, 0.15) is 5.03 Å². The lowest BCUT2D eigenvalue weighted by molar-refractivity contribution is -0.113. The monoisotopic (exact) mass is 444 g/mol. The molecule has 152 valence electrons. The number of thioether (sulfide) groups is 1. The number of anilines is 1. The van der Waals surface area contributed by atoms with E-state index in [2.05, 4.69) is 25.6 Å². The number of carbonyl (C=O) groups excluding carboxylic acids is 1. The highest BCUT2D eigenvalue weighted by Gasteiger charge is 2.09. The lowest BCUT2D eigenvalue weighted by atomic mass is 10.1. The molecule has 0 atom stereocenters. The Morgan fingerprint density at radius 2 is 1.87 bits per heavy atom. The molecular formula is C22H16N6OS2. The van der Waals surface area contributed by atoms with Gasteiger partial charge in [0.25, 0.3) is 0 Å². The van der Waals surface area contributed by atoms with Crippen LogP contribution in [0.4, 0.5) is 5.13 Å². The second-order valence-electron chi connectivity index (χ2n) is 6.58. The van der Waals surface area contributed by atoms with E-state index >= 15 is 0 Å². The van der Waals surface area contributed by atoms with E-state index in [4.69, 9.17) is 0 Å². The maximum atomic E-state index is 12.3. The lowest BCUT2D eigenvalue weighted by Gasteiger charge is -2.05. The summed E-state index contributed by atoms with van der Waals surface area (Å²) in [4.78, 5) is 16.7. The first kappa shape index (κ1) is 19.4. The first-order valence-electron chi connectivity index (χ1n) is 9.47. The molecule has 0 fully saturated rings. The van der Waals surface area contributed by atoms with Crippen molar-refractivity contribution in [3.63, 3.8) is 0 Å². The highest BCUT2D eigenvalue weighted by molar-refractivity contribution is 7.99. The van der Waals surface area contributed by atoms with E-state index in [1.54, 1.807) is 10.9 Å². The summed E-state index contributed by atoms with van der Waals surface area (Å²) in [6.45, 7) is 0. The van der Waals surface area contributed by atoms with Crippen LogP contribution in [-0.4, -0.2) is 36.6 Å². The molecule has 5 aromatic rings. The van der Waals surface area contributed by atoms with E-state index in [0.29, 0.717) is 10.2 Å². The SMILES string of the molecule is O=C(CSc1ccc(-c2ccc(-n3cccn3)cc2)nn1)Nc1nc2ccccc2s1. The summed E-state index contributed by atoms with van der Waals surface area (Å²) in [7, 11) is 0. The first-order valence-corrected chi connectivity index (χ1v) is 11.3. The summed E-state index contributed by atoms with van der Waals surface area (Å²) >= 11 is 2.80. The fourth-order valence-corrected chi connectivity index (χ4v) is 4.47. The molecule has 0 unspecified atom stereocenters. The van der Waals surface area contributed by atoms with E-state index in [0.717, 1.165) is 27.2 Å². The van der Waals surface area contributed by atoms with Gasteiger partial charge in [-0.25, -0.2) is 9.67 Å². The number of fused-ring (bicyclic) bond motifs is 1. The minimum atomic E-state index is -0.121. The van der Waals surface area contributed by atoms with Gasteiger partial charge in [0.05, 0.1) is 27.4 Å². The average molecular weight is 445 g/mol. The highest BCUT2D eigenvalue weighted by Crippen LogP contribution is 2.26. The fraction of sp³-hybridized carbons (Fsp3) is 0.0455. The van der Waals surface area contributed by atoms with Gasteiger partial charge in [-0.2, -0.15) is 5.10 Å². The number of aromatic nitrogens is 5. The minimum Gasteiger partial charge on any atom is -0.301 e. The average Bonchev–Trinajstić information content (AvgIpc) is 3.48. The predicted octanol–water partition coefficient (Wildman–Crippen LogP) is 4.67.